The number of rotatable bonds is 5. The molecule has 2 aromatic heterocycles. The Labute approximate surface area is 134 Å². The van der Waals surface area contributed by atoms with Crippen LogP contribution in [0.15, 0.2) is 5.38 Å². The number of amides is 1. The predicted molar refractivity (Wildman–Crippen MR) is 86.0 cm³/mol. The van der Waals surface area contributed by atoms with Crippen LogP contribution in [-0.2, 0) is 18.3 Å². The molecule has 0 fully saturated rings. The summed E-state index contributed by atoms with van der Waals surface area (Å²) in [6.45, 7) is 6.19. The van der Waals surface area contributed by atoms with E-state index in [0.717, 1.165) is 22.1 Å². The third kappa shape index (κ3) is 3.20. The van der Waals surface area contributed by atoms with Crippen molar-refractivity contribution >= 4 is 17.2 Å². The first-order valence-corrected chi connectivity index (χ1v) is 7.95. The summed E-state index contributed by atoms with van der Waals surface area (Å²) < 4.78 is 7.00. The number of nitrogens with zero attached hydrogens (tertiary/aromatic N) is 4. The van der Waals surface area contributed by atoms with Gasteiger partial charge in [0.15, 0.2) is 0 Å². The third-order valence-corrected chi connectivity index (χ3v) is 4.79. The quantitative estimate of drug-likeness (QED) is 0.848. The van der Waals surface area contributed by atoms with E-state index in [-0.39, 0.29) is 12.0 Å². The van der Waals surface area contributed by atoms with E-state index in [2.05, 4.69) is 10.1 Å². The molecule has 1 unspecified atom stereocenters. The number of carbonyl (C=O) groups is 1. The molecule has 1 atom stereocenters. The fraction of sp³-hybridized carbons (Fsp3) is 0.533. The molecule has 6 nitrogen and oxygen atoms in total. The Morgan fingerprint density at radius 1 is 1.50 bits per heavy atom. The van der Waals surface area contributed by atoms with Crippen LogP contribution in [-0.4, -0.2) is 39.7 Å². The molecule has 0 aliphatic heterocycles. The van der Waals surface area contributed by atoms with E-state index < -0.39 is 0 Å². The molecule has 2 heterocycles. The summed E-state index contributed by atoms with van der Waals surface area (Å²) >= 11 is 1.55. The number of methoxy groups -OCH3 is 1. The van der Waals surface area contributed by atoms with E-state index in [9.17, 15) is 4.79 Å². The van der Waals surface area contributed by atoms with Gasteiger partial charge >= 0.3 is 0 Å². The van der Waals surface area contributed by atoms with Crippen LogP contribution in [0, 0.1) is 13.8 Å². The second-order valence-corrected chi connectivity index (χ2v) is 6.28. The van der Waals surface area contributed by atoms with Crippen LogP contribution in [0.2, 0.25) is 0 Å². The summed E-state index contributed by atoms with van der Waals surface area (Å²) in [6, 6.07) is 0. The fourth-order valence-corrected chi connectivity index (χ4v) is 3.11. The lowest BCUT2D eigenvalue weighted by Crippen LogP contribution is -2.27. The highest BCUT2D eigenvalue weighted by Crippen LogP contribution is 2.22. The molecule has 0 aliphatic carbocycles. The highest BCUT2D eigenvalue weighted by molar-refractivity contribution is 7.09. The molecule has 2 rings (SSSR count). The minimum Gasteiger partial charge on any atom is -0.375 e. The molecular weight excluding hydrogens is 300 g/mol. The van der Waals surface area contributed by atoms with Crippen molar-refractivity contribution in [3.05, 3.63) is 33.0 Å². The van der Waals surface area contributed by atoms with Crippen LogP contribution in [0.25, 0.3) is 0 Å². The first kappa shape index (κ1) is 16.6. The van der Waals surface area contributed by atoms with E-state index in [0.29, 0.717) is 12.1 Å². The van der Waals surface area contributed by atoms with Crippen LogP contribution in [0.5, 0.6) is 0 Å². The number of aryl methyl sites for hydroxylation is 2. The highest BCUT2D eigenvalue weighted by atomic mass is 32.1. The number of thiazole rings is 1. The number of ether oxygens (including phenoxy) is 1. The molecule has 0 saturated heterocycles. The van der Waals surface area contributed by atoms with Gasteiger partial charge in [-0.2, -0.15) is 5.10 Å². The zero-order valence-electron chi connectivity index (χ0n) is 13.9. The van der Waals surface area contributed by atoms with Crippen LogP contribution >= 0.6 is 11.3 Å². The Kier molecular flexibility index (Phi) is 4.97. The lowest BCUT2D eigenvalue weighted by molar-refractivity contribution is 0.0781. The minimum absolute atomic E-state index is 0.0254. The van der Waals surface area contributed by atoms with Crippen molar-refractivity contribution in [1.29, 1.82) is 0 Å². The summed E-state index contributed by atoms with van der Waals surface area (Å²) in [7, 11) is 5.29. The van der Waals surface area contributed by atoms with Gasteiger partial charge in [-0.1, -0.05) is 0 Å². The molecule has 2 aromatic rings. The number of aromatic nitrogens is 3. The standard InChI is InChI=1S/C15H22N4O2S/c1-9-13(10(2)19(5)17-9)15(20)18(4)7-12-8-22-14(16-12)11(3)21-6/h8,11H,7H2,1-6H3. The van der Waals surface area contributed by atoms with Crippen molar-refractivity contribution < 1.29 is 9.53 Å². The summed E-state index contributed by atoms with van der Waals surface area (Å²) in [6.07, 6.45) is -0.0254. The first-order valence-electron chi connectivity index (χ1n) is 7.07. The Balaban J connectivity index is 2.13. The van der Waals surface area contributed by atoms with Gasteiger partial charge < -0.3 is 9.64 Å². The zero-order chi connectivity index (χ0) is 16.4. The smallest absolute Gasteiger partial charge is 0.257 e. The zero-order valence-corrected chi connectivity index (χ0v) is 14.7. The topological polar surface area (TPSA) is 60.2 Å². The fourth-order valence-electron chi connectivity index (χ4n) is 2.27. The third-order valence-electron chi connectivity index (χ3n) is 3.74. The molecule has 0 aromatic carbocycles. The molecule has 0 N–H and O–H groups in total. The molecular formula is C15H22N4O2S. The van der Waals surface area contributed by atoms with Crippen molar-refractivity contribution in [2.75, 3.05) is 14.2 Å². The maximum absolute atomic E-state index is 12.6. The SMILES string of the molecule is COC(C)c1nc(CN(C)C(=O)c2c(C)nn(C)c2C)cs1. The van der Waals surface area contributed by atoms with Gasteiger partial charge in [0.1, 0.15) is 11.1 Å². The van der Waals surface area contributed by atoms with Gasteiger partial charge in [-0.25, -0.2) is 4.98 Å². The van der Waals surface area contributed by atoms with Crippen molar-refractivity contribution in [2.45, 2.75) is 33.4 Å². The highest BCUT2D eigenvalue weighted by Gasteiger charge is 2.21. The predicted octanol–water partition coefficient (Wildman–Crippen LogP) is 2.47. The molecule has 0 bridgehead atoms. The van der Waals surface area contributed by atoms with Gasteiger partial charge in [0.05, 0.1) is 23.5 Å². The maximum atomic E-state index is 12.6. The second kappa shape index (κ2) is 6.58. The summed E-state index contributed by atoms with van der Waals surface area (Å²) in [5.74, 6) is -0.0301. The van der Waals surface area contributed by atoms with Gasteiger partial charge in [0.2, 0.25) is 0 Å². The first-order chi connectivity index (χ1) is 10.3. The van der Waals surface area contributed by atoms with Gasteiger partial charge in [-0.05, 0) is 20.8 Å². The average Bonchev–Trinajstić information content (AvgIpc) is 3.03. The number of hydrogen-bond donors (Lipinski definition) is 0. The van der Waals surface area contributed by atoms with Crippen molar-refractivity contribution in [2.24, 2.45) is 7.05 Å². The molecule has 0 spiro atoms. The van der Waals surface area contributed by atoms with Crippen LogP contribution in [0.4, 0.5) is 0 Å². The molecule has 1 amide bonds. The van der Waals surface area contributed by atoms with E-state index in [1.807, 2.05) is 33.2 Å². The molecule has 0 saturated carbocycles. The normalized spacial score (nSPS) is 12.5. The minimum atomic E-state index is -0.0301. The van der Waals surface area contributed by atoms with Crippen LogP contribution in [0.3, 0.4) is 0 Å². The second-order valence-electron chi connectivity index (χ2n) is 5.39. The van der Waals surface area contributed by atoms with E-state index in [1.54, 1.807) is 35.1 Å². The van der Waals surface area contributed by atoms with Crippen molar-refractivity contribution in [1.82, 2.24) is 19.7 Å². The van der Waals surface area contributed by atoms with Crippen molar-refractivity contribution in [3.63, 3.8) is 0 Å². The Morgan fingerprint density at radius 2 is 2.18 bits per heavy atom. The molecule has 22 heavy (non-hydrogen) atoms. The van der Waals surface area contributed by atoms with Gasteiger partial charge in [0, 0.05) is 32.3 Å². The van der Waals surface area contributed by atoms with E-state index in [4.69, 9.17) is 4.74 Å². The van der Waals surface area contributed by atoms with E-state index in [1.165, 1.54) is 0 Å². The number of carbonyl (C=O) groups excluding carboxylic acids is 1. The van der Waals surface area contributed by atoms with Crippen LogP contribution in [0.1, 0.15) is 45.5 Å². The summed E-state index contributed by atoms with van der Waals surface area (Å²) in [4.78, 5) is 18.8. The Morgan fingerprint density at radius 3 is 2.73 bits per heavy atom. The maximum Gasteiger partial charge on any atom is 0.257 e. The summed E-state index contributed by atoms with van der Waals surface area (Å²) in [5.41, 5.74) is 3.18. The Hall–Kier alpha value is -1.73. The molecule has 7 heteroatoms. The number of hydrogen-bond acceptors (Lipinski definition) is 5. The molecule has 0 aliphatic rings. The largest absolute Gasteiger partial charge is 0.375 e. The van der Waals surface area contributed by atoms with Gasteiger partial charge in [-0.15, -0.1) is 11.3 Å². The summed E-state index contributed by atoms with van der Waals surface area (Å²) in [5, 5.41) is 7.19. The van der Waals surface area contributed by atoms with Gasteiger partial charge in [-0.3, -0.25) is 9.48 Å². The molecule has 120 valence electrons. The molecule has 0 radical (unpaired) electrons. The lowest BCUT2D eigenvalue weighted by Gasteiger charge is -2.16. The van der Waals surface area contributed by atoms with Crippen LogP contribution < -0.4 is 0 Å². The lowest BCUT2D eigenvalue weighted by atomic mass is 10.1. The average molecular weight is 322 g/mol. The Bertz CT molecular complexity index is 677. The monoisotopic (exact) mass is 322 g/mol. The van der Waals surface area contributed by atoms with E-state index >= 15 is 0 Å². The van der Waals surface area contributed by atoms with Gasteiger partial charge in [0.25, 0.3) is 5.91 Å². The van der Waals surface area contributed by atoms with Crippen molar-refractivity contribution in [3.8, 4) is 0 Å².